The Hall–Kier alpha value is -7.54. The zero-order chi connectivity index (χ0) is 40.7. The van der Waals surface area contributed by atoms with E-state index in [0.717, 1.165) is 65.7 Å². The number of aromatic nitrogens is 5. The van der Waals surface area contributed by atoms with Gasteiger partial charge in [-0.2, -0.15) is 9.97 Å². The van der Waals surface area contributed by atoms with Crippen molar-refractivity contribution in [1.82, 2.24) is 24.5 Å². The van der Waals surface area contributed by atoms with Gasteiger partial charge in [-0.3, -0.25) is 4.57 Å². The molecule has 288 valence electrons. The number of rotatable bonds is 6. The predicted molar refractivity (Wildman–Crippen MR) is 252 cm³/mol. The van der Waals surface area contributed by atoms with Crippen molar-refractivity contribution in [2.45, 2.75) is 19.3 Å². The SMILES string of the molecule is CC1(C)c2cc(-c3cccc(-c4nc(-c5ccc(-c6ccccc6)cc5)nc(-n5c6ccccc6c6ccccc65)n4)c3)ccc2-c2c1ccc1nc(-c3ccccc3)sc21. The van der Waals surface area contributed by atoms with Gasteiger partial charge < -0.3 is 0 Å². The Balaban J connectivity index is 0.983. The zero-order valence-corrected chi connectivity index (χ0v) is 34.4. The summed E-state index contributed by atoms with van der Waals surface area (Å²) in [4.78, 5) is 20.8. The number of thiazole rings is 1. The lowest BCUT2D eigenvalue weighted by molar-refractivity contribution is 0.661. The molecular formula is C55H37N5S. The third kappa shape index (κ3) is 5.75. The second-order valence-electron chi connectivity index (χ2n) is 16.3. The van der Waals surface area contributed by atoms with Crippen molar-refractivity contribution in [2.75, 3.05) is 0 Å². The average Bonchev–Trinajstić information content (AvgIpc) is 3.98. The summed E-state index contributed by atoms with van der Waals surface area (Å²) in [5.41, 5.74) is 15.8. The van der Waals surface area contributed by atoms with E-state index < -0.39 is 0 Å². The van der Waals surface area contributed by atoms with Crippen molar-refractivity contribution < 1.29 is 0 Å². The van der Waals surface area contributed by atoms with Crippen LogP contribution in [0.25, 0.3) is 105 Å². The monoisotopic (exact) mass is 799 g/mol. The first kappa shape index (κ1) is 35.4. The third-order valence-corrected chi connectivity index (χ3v) is 13.5. The van der Waals surface area contributed by atoms with E-state index in [2.05, 4.69) is 200 Å². The molecule has 6 heteroatoms. The lowest BCUT2D eigenvalue weighted by Crippen LogP contribution is -2.14. The van der Waals surface area contributed by atoms with Crippen molar-refractivity contribution in [1.29, 1.82) is 0 Å². The molecule has 12 rings (SSSR count). The second-order valence-corrected chi connectivity index (χ2v) is 17.3. The van der Waals surface area contributed by atoms with E-state index in [9.17, 15) is 0 Å². The smallest absolute Gasteiger partial charge is 0.238 e. The summed E-state index contributed by atoms with van der Waals surface area (Å²) in [5, 5.41) is 3.37. The first-order valence-corrected chi connectivity index (χ1v) is 21.5. The minimum atomic E-state index is -0.181. The molecule has 0 saturated carbocycles. The molecular weight excluding hydrogens is 763 g/mol. The highest BCUT2D eigenvalue weighted by molar-refractivity contribution is 7.22. The fourth-order valence-electron chi connectivity index (χ4n) is 9.23. The van der Waals surface area contributed by atoms with E-state index in [1.54, 1.807) is 11.3 Å². The van der Waals surface area contributed by atoms with Crippen molar-refractivity contribution in [3.05, 3.63) is 199 Å². The standard InChI is InChI=1S/C55H37N5S/c1-55(2)44-30-31-46-50(61-53(56-46)37-16-7-4-8-17-37)49(44)43-29-28-39(33-45(43)55)38-18-13-19-40(32-38)52-57-51(36-26-24-35(25-27-36)34-14-5-3-6-15-34)58-54(59-52)60-47-22-11-9-20-41(47)42-21-10-12-23-48(42)60/h3-33H,1-2H3. The van der Waals surface area contributed by atoms with Crippen LogP contribution in [-0.2, 0) is 5.41 Å². The zero-order valence-electron chi connectivity index (χ0n) is 33.5. The summed E-state index contributed by atoms with van der Waals surface area (Å²) in [5.74, 6) is 1.82. The number of benzene rings is 8. The molecule has 1 aliphatic carbocycles. The molecule has 11 aromatic rings. The number of para-hydroxylation sites is 2. The molecule has 0 bridgehead atoms. The number of nitrogens with zero attached hydrogens (tertiary/aromatic N) is 5. The summed E-state index contributed by atoms with van der Waals surface area (Å²) in [6.07, 6.45) is 0. The molecule has 8 aromatic carbocycles. The van der Waals surface area contributed by atoms with Gasteiger partial charge in [-0.05, 0) is 69.3 Å². The minimum absolute atomic E-state index is 0.181. The summed E-state index contributed by atoms with van der Waals surface area (Å²) < 4.78 is 3.42. The molecule has 0 saturated heterocycles. The van der Waals surface area contributed by atoms with Gasteiger partial charge in [-0.15, -0.1) is 11.3 Å². The van der Waals surface area contributed by atoms with E-state index >= 15 is 0 Å². The molecule has 1 aliphatic rings. The van der Waals surface area contributed by atoms with Crippen molar-refractivity contribution in [3.8, 4) is 72.7 Å². The van der Waals surface area contributed by atoms with Crippen LogP contribution in [-0.4, -0.2) is 24.5 Å². The van der Waals surface area contributed by atoms with Crippen LogP contribution in [0, 0.1) is 0 Å². The van der Waals surface area contributed by atoms with E-state index in [1.165, 1.54) is 32.5 Å². The van der Waals surface area contributed by atoms with E-state index in [1.807, 2.05) is 6.07 Å². The maximum Gasteiger partial charge on any atom is 0.238 e. The van der Waals surface area contributed by atoms with Gasteiger partial charge in [0.15, 0.2) is 11.6 Å². The molecule has 0 aliphatic heterocycles. The van der Waals surface area contributed by atoms with Gasteiger partial charge in [0.25, 0.3) is 0 Å². The lowest BCUT2D eigenvalue weighted by atomic mass is 9.81. The Kier molecular flexibility index (Phi) is 7.99. The van der Waals surface area contributed by atoms with Crippen LogP contribution in [0.4, 0.5) is 0 Å². The lowest BCUT2D eigenvalue weighted by Gasteiger charge is -2.22. The van der Waals surface area contributed by atoms with Crippen molar-refractivity contribution in [3.63, 3.8) is 0 Å². The van der Waals surface area contributed by atoms with Gasteiger partial charge in [0.2, 0.25) is 5.95 Å². The molecule has 0 N–H and O–H groups in total. The molecule has 3 aromatic heterocycles. The number of fused-ring (bicyclic) bond motifs is 8. The third-order valence-electron chi connectivity index (χ3n) is 12.3. The average molecular weight is 800 g/mol. The summed E-state index contributed by atoms with van der Waals surface area (Å²) in [6.45, 7) is 4.69. The Morgan fingerprint density at radius 3 is 1.70 bits per heavy atom. The van der Waals surface area contributed by atoms with Gasteiger partial charge in [0.1, 0.15) is 5.01 Å². The van der Waals surface area contributed by atoms with Crippen LogP contribution in [0.5, 0.6) is 0 Å². The minimum Gasteiger partial charge on any atom is -0.278 e. The predicted octanol–water partition coefficient (Wildman–Crippen LogP) is 14.2. The van der Waals surface area contributed by atoms with Crippen LogP contribution in [0.15, 0.2) is 188 Å². The van der Waals surface area contributed by atoms with Crippen molar-refractivity contribution in [2.24, 2.45) is 0 Å². The highest BCUT2D eigenvalue weighted by Crippen LogP contribution is 2.53. The molecule has 61 heavy (non-hydrogen) atoms. The highest BCUT2D eigenvalue weighted by Gasteiger charge is 2.37. The molecule has 0 unspecified atom stereocenters. The summed E-state index contributed by atoms with van der Waals surface area (Å²) in [6, 6.07) is 66.5. The Morgan fingerprint density at radius 1 is 0.426 bits per heavy atom. The molecule has 0 atom stereocenters. The molecule has 0 amide bonds. The number of hydrogen-bond acceptors (Lipinski definition) is 5. The van der Waals surface area contributed by atoms with Gasteiger partial charge in [0.05, 0.1) is 21.3 Å². The highest BCUT2D eigenvalue weighted by atomic mass is 32.1. The van der Waals surface area contributed by atoms with Gasteiger partial charge in [-0.1, -0.05) is 172 Å². The van der Waals surface area contributed by atoms with Crippen LogP contribution < -0.4 is 0 Å². The number of hydrogen-bond donors (Lipinski definition) is 0. The Morgan fingerprint density at radius 2 is 0.984 bits per heavy atom. The topological polar surface area (TPSA) is 56.5 Å². The van der Waals surface area contributed by atoms with E-state index in [4.69, 9.17) is 19.9 Å². The fraction of sp³-hybridized carbons (Fsp3) is 0.0545. The van der Waals surface area contributed by atoms with E-state index in [0.29, 0.717) is 17.6 Å². The second kappa shape index (κ2) is 13.8. The molecule has 3 heterocycles. The van der Waals surface area contributed by atoms with Gasteiger partial charge in [-0.25, -0.2) is 9.97 Å². The molecule has 0 radical (unpaired) electrons. The normalized spacial score (nSPS) is 12.9. The van der Waals surface area contributed by atoms with Crippen LogP contribution in [0.1, 0.15) is 25.0 Å². The maximum absolute atomic E-state index is 5.27. The van der Waals surface area contributed by atoms with Crippen molar-refractivity contribution >= 4 is 43.4 Å². The van der Waals surface area contributed by atoms with Crippen LogP contribution >= 0.6 is 11.3 Å². The largest absolute Gasteiger partial charge is 0.278 e. The van der Waals surface area contributed by atoms with E-state index in [-0.39, 0.29) is 5.41 Å². The molecule has 0 spiro atoms. The Labute approximate surface area is 357 Å². The fourth-order valence-corrected chi connectivity index (χ4v) is 10.4. The van der Waals surface area contributed by atoms with Crippen LogP contribution in [0.3, 0.4) is 0 Å². The maximum atomic E-state index is 5.27. The first-order chi connectivity index (χ1) is 30.0. The molecule has 0 fully saturated rings. The Bertz CT molecular complexity index is 3440. The van der Waals surface area contributed by atoms with Gasteiger partial charge in [0, 0.05) is 38.4 Å². The summed E-state index contributed by atoms with van der Waals surface area (Å²) in [7, 11) is 0. The van der Waals surface area contributed by atoms with Gasteiger partial charge >= 0.3 is 0 Å². The molecule has 5 nitrogen and oxygen atoms in total. The van der Waals surface area contributed by atoms with Crippen LogP contribution in [0.2, 0.25) is 0 Å². The summed E-state index contributed by atoms with van der Waals surface area (Å²) >= 11 is 1.79. The quantitative estimate of drug-likeness (QED) is 0.168. The first-order valence-electron chi connectivity index (χ1n) is 20.6.